The van der Waals surface area contributed by atoms with Gasteiger partial charge in [-0.15, -0.1) is 11.6 Å². The number of halogens is 1. The molecule has 4 heteroatoms. The molecule has 94 valence electrons. The van der Waals surface area contributed by atoms with Crippen LogP contribution in [0.15, 0.2) is 54.7 Å². The summed E-state index contributed by atoms with van der Waals surface area (Å²) in [5.41, 5.74) is 0.447. The van der Waals surface area contributed by atoms with E-state index in [-0.39, 0.29) is 5.38 Å². The molecule has 0 aliphatic heterocycles. The van der Waals surface area contributed by atoms with E-state index in [4.69, 9.17) is 21.7 Å². The van der Waals surface area contributed by atoms with Crippen molar-refractivity contribution in [2.24, 2.45) is 0 Å². The second-order valence-corrected chi connectivity index (χ2v) is 4.58. The highest BCUT2D eigenvalue weighted by Gasteiger charge is 2.06. The zero-order valence-corrected chi connectivity index (χ0v) is 10.7. The first-order valence-corrected chi connectivity index (χ1v) is 6.21. The van der Waals surface area contributed by atoms with E-state index in [1.165, 1.54) is 0 Å². The van der Waals surface area contributed by atoms with E-state index in [2.05, 4.69) is 0 Å². The van der Waals surface area contributed by atoms with E-state index >= 15 is 0 Å². The molecule has 1 N–H and O–H groups in total. The molecule has 0 fully saturated rings. The van der Waals surface area contributed by atoms with Crippen molar-refractivity contribution < 1.29 is 4.74 Å². The van der Waals surface area contributed by atoms with Crippen molar-refractivity contribution in [2.75, 3.05) is 6.61 Å². The van der Waals surface area contributed by atoms with Crippen LogP contribution in [0.5, 0.6) is 5.75 Å². The van der Waals surface area contributed by atoms with Crippen LogP contribution in [0.3, 0.4) is 0 Å². The summed E-state index contributed by atoms with van der Waals surface area (Å²) in [6.45, 7) is 0.987. The van der Waals surface area contributed by atoms with Gasteiger partial charge < -0.3 is 9.30 Å². The predicted molar refractivity (Wildman–Crippen MR) is 71.9 cm³/mol. The maximum absolute atomic E-state index is 7.72. The third kappa shape index (κ3) is 3.64. The molecular formula is C14H15ClN2O. The van der Waals surface area contributed by atoms with Gasteiger partial charge in [0, 0.05) is 12.7 Å². The highest BCUT2D eigenvalue weighted by Crippen LogP contribution is 2.10. The fourth-order valence-corrected chi connectivity index (χ4v) is 1.82. The van der Waals surface area contributed by atoms with Gasteiger partial charge >= 0.3 is 0 Å². The van der Waals surface area contributed by atoms with Gasteiger partial charge in [-0.1, -0.05) is 24.3 Å². The van der Waals surface area contributed by atoms with Crippen LogP contribution < -0.4 is 10.2 Å². The summed E-state index contributed by atoms with van der Waals surface area (Å²) >= 11 is 6.21. The Morgan fingerprint density at radius 3 is 2.56 bits per heavy atom. The van der Waals surface area contributed by atoms with E-state index in [0.717, 1.165) is 5.75 Å². The fourth-order valence-electron chi connectivity index (χ4n) is 1.61. The molecule has 0 saturated carbocycles. The lowest BCUT2D eigenvalue weighted by atomic mass is 10.3. The third-order valence-corrected chi connectivity index (χ3v) is 2.77. The zero-order valence-electron chi connectivity index (χ0n) is 9.92. The Hall–Kier alpha value is -1.74. The second-order valence-electron chi connectivity index (χ2n) is 3.96. The normalized spacial score (nSPS) is 12.1. The van der Waals surface area contributed by atoms with Crippen LogP contribution in [0.25, 0.3) is 0 Å². The van der Waals surface area contributed by atoms with Crippen LogP contribution in [0.4, 0.5) is 0 Å². The van der Waals surface area contributed by atoms with Crippen molar-refractivity contribution in [2.45, 2.75) is 11.9 Å². The third-order valence-electron chi connectivity index (χ3n) is 2.51. The molecule has 0 spiro atoms. The highest BCUT2D eigenvalue weighted by atomic mass is 35.5. The van der Waals surface area contributed by atoms with Crippen molar-refractivity contribution in [3.63, 3.8) is 0 Å². The predicted octanol–water partition coefficient (Wildman–Crippen LogP) is 2.65. The molecule has 1 atom stereocenters. The van der Waals surface area contributed by atoms with Crippen molar-refractivity contribution in [1.82, 2.24) is 4.57 Å². The zero-order chi connectivity index (χ0) is 12.8. The van der Waals surface area contributed by atoms with Crippen LogP contribution in [0, 0.1) is 5.41 Å². The van der Waals surface area contributed by atoms with Gasteiger partial charge in [-0.25, -0.2) is 0 Å². The van der Waals surface area contributed by atoms with Crippen LogP contribution in [-0.2, 0) is 6.54 Å². The fraction of sp³-hybridized carbons (Fsp3) is 0.214. The van der Waals surface area contributed by atoms with Gasteiger partial charge in [-0.2, -0.15) is 0 Å². The van der Waals surface area contributed by atoms with Gasteiger partial charge in [-0.05, 0) is 24.3 Å². The number of rotatable bonds is 5. The molecule has 1 heterocycles. The molecule has 0 radical (unpaired) electrons. The minimum atomic E-state index is -0.165. The average Bonchev–Trinajstić information content (AvgIpc) is 2.40. The van der Waals surface area contributed by atoms with E-state index < -0.39 is 0 Å². The molecule has 0 amide bonds. The van der Waals surface area contributed by atoms with E-state index in [1.807, 2.05) is 48.7 Å². The summed E-state index contributed by atoms with van der Waals surface area (Å²) in [7, 11) is 0. The average molecular weight is 263 g/mol. The molecule has 0 bridgehead atoms. The number of hydrogen-bond donors (Lipinski definition) is 1. The number of nitrogens with zero attached hydrogens (tertiary/aromatic N) is 1. The molecule has 18 heavy (non-hydrogen) atoms. The summed E-state index contributed by atoms with van der Waals surface area (Å²) in [6.07, 6.45) is 1.85. The number of benzene rings is 1. The molecule has 2 aromatic rings. The van der Waals surface area contributed by atoms with Gasteiger partial charge in [0.25, 0.3) is 0 Å². The Morgan fingerprint density at radius 2 is 1.83 bits per heavy atom. The molecular weight excluding hydrogens is 248 g/mol. The Kier molecular flexibility index (Phi) is 4.42. The standard InChI is InChI=1S/C14H15ClN2O/c15-12(10-17-9-5-4-8-14(17)16)11-18-13-6-2-1-3-7-13/h1-9,12,16H,10-11H2/t12-/m0/s1. The molecule has 0 unspecified atom stereocenters. The van der Waals surface area contributed by atoms with E-state index in [0.29, 0.717) is 18.6 Å². The molecule has 1 aromatic heterocycles. The van der Waals surface area contributed by atoms with Crippen molar-refractivity contribution in [1.29, 1.82) is 5.41 Å². The lowest BCUT2D eigenvalue weighted by Gasteiger charge is -2.13. The maximum atomic E-state index is 7.72. The molecule has 3 nitrogen and oxygen atoms in total. The van der Waals surface area contributed by atoms with E-state index in [9.17, 15) is 0 Å². The van der Waals surface area contributed by atoms with Gasteiger partial charge in [-0.3, -0.25) is 5.41 Å². The number of pyridine rings is 1. The number of ether oxygens (including phenoxy) is 1. The Morgan fingerprint density at radius 1 is 1.11 bits per heavy atom. The van der Waals surface area contributed by atoms with E-state index in [1.54, 1.807) is 10.6 Å². The summed E-state index contributed by atoms with van der Waals surface area (Å²) < 4.78 is 7.37. The number of hydrogen-bond acceptors (Lipinski definition) is 2. The van der Waals surface area contributed by atoms with Crippen LogP contribution in [-0.4, -0.2) is 16.6 Å². The van der Waals surface area contributed by atoms with Gasteiger partial charge in [0.15, 0.2) is 0 Å². The largest absolute Gasteiger partial charge is 0.492 e. The number of para-hydroxylation sites is 1. The minimum Gasteiger partial charge on any atom is -0.492 e. The highest BCUT2D eigenvalue weighted by molar-refractivity contribution is 6.20. The van der Waals surface area contributed by atoms with Crippen molar-refractivity contribution in [3.05, 3.63) is 60.2 Å². The summed E-state index contributed by atoms with van der Waals surface area (Å²) in [4.78, 5) is 0. The molecule has 0 saturated heterocycles. The topological polar surface area (TPSA) is 38.0 Å². The molecule has 1 aromatic carbocycles. The summed E-state index contributed by atoms with van der Waals surface area (Å²) in [5, 5.41) is 7.56. The minimum absolute atomic E-state index is 0.165. The molecule has 2 rings (SSSR count). The van der Waals surface area contributed by atoms with Crippen LogP contribution >= 0.6 is 11.6 Å². The van der Waals surface area contributed by atoms with Gasteiger partial charge in [0.05, 0.1) is 5.38 Å². The lowest BCUT2D eigenvalue weighted by molar-refractivity contribution is 0.304. The van der Waals surface area contributed by atoms with Crippen molar-refractivity contribution in [3.8, 4) is 5.75 Å². The lowest BCUT2D eigenvalue weighted by Crippen LogP contribution is -2.26. The maximum Gasteiger partial charge on any atom is 0.124 e. The Labute approximate surface area is 111 Å². The Bertz CT molecular complexity index is 539. The van der Waals surface area contributed by atoms with Crippen LogP contribution in [0.2, 0.25) is 0 Å². The SMILES string of the molecule is N=c1ccccn1C[C@H](Cl)COc1ccccc1. The number of nitrogens with one attached hydrogen (secondary N) is 1. The monoisotopic (exact) mass is 262 g/mol. The first kappa shape index (κ1) is 12.7. The first-order chi connectivity index (χ1) is 8.75. The van der Waals surface area contributed by atoms with Crippen molar-refractivity contribution >= 4 is 11.6 Å². The van der Waals surface area contributed by atoms with Gasteiger partial charge in [0.1, 0.15) is 17.8 Å². The first-order valence-electron chi connectivity index (χ1n) is 5.77. The summed E-state index contributed by atoms with van der Waals surface area (Å²) in [6, 6.07) is 15.0. The number of alkyl halides is 1. The number of aromatic nitrogens is 1. The molecule has 0 aliphatic carbocycles. The Balaban J connectivity index is 1.88. The quantitative estimate of drug-likeness (QED) is 0.827. The summed E-state index contributed by atoms with van der Waals surface area (Å²) in [5.74, 6) is 0.812. The van der Waals surface area contributed by atoms with Crippen LogP contribution in [0.1, 0.15) is 0 Å². The second kappa shape index (κ2) is 6.26. The van der Waals surface area contributed by atoms with Gasteiger partial charge in [0.2, 0.25) is 0 Å². The smallest absolute Gasteiger partial charge is 0.124 e. The molecule has 0 aliphatic rings.